The third-order valence-corrected chi connectivity index (χ3v) is 7.28. The van der Waals surface area contributed by atoms with Gasteiger partial charge in [-0.05, 0) is 36.4 Å². The molecule has 14 heteroatoms. The highest BCUT2D eigenvalue weighted by molar-refractivity contribution is 7.92. The summed E-state index contributed by atoms with van der Waals surface area (Å²) < 4.78 is 78.7. The number of halogens is 4. The Kier molecular flexibility index (Phi) is 6.33. The van der Waals surface area contributed by atoms with Gasteiger partial charge in [-0.25, -0.2) is 31.4 Å². The maximum Gasteiger partial charge on any atom is 0.339 e. The summed E-state index contributed by atoms with van der Waals surface area (Å²) in [5.41, 5.74) is -2.24. The monoisotopic (exact) mass is 561 g/mol. The van der Waals surface area contributed by atoms with Gasteiger partial charge >= 0.3 is 5.97 Å². The fourth-order valence-corrected chi connectivity index (χ4v) is 5.42. The van der Waals surface area contributed by atoms with Crippen LogP contribution in [0, 0.1) is 17.5 Å². The van der Waals surface area contributed by atoms with E-state index >= 15 is 8.78 Å². The summed E-state index contributed by atoms with van der Waals surface area (Å²) in [5.74, 6) is -4.19. The van der Waals surface area contributed by atoms with E-state index in [4.69, 9.17) is 11.6 Å². The van der Waals surface area contributed by atoms with Gasteiger partial charge in [0.2, 0.25) is 0 Å². The summed E-state index contributed by atoms with van der Waals surface area (Å²) in [7, 11) is -3.59. The van der Waals surface area contributed by atoms with Gasteiger partial charge in [0.05, 0.1) is 23.9 Å². The number of hydrogen-bond donors (Lipinski definition) is 3. The van der Waals surface area contributed by atoms with Gasteiger partial charge in [0.1, 0.15) is 21.9 Å². The standard InChI is InChI=1S/C24H15ClF3N5O4S/c1-37-24(34)12-3-2-11(25)10-17(12)38(35,36)33-16-7-6-15(26)18(20(16)28)13-4-5-14-21(19(13)27)31-32-22(14)23-29-8-9-30-23/h2-10,33H,1H3,(H,29,30)(H,31,32). The van der Waals surface area contributed by atoms with Crippen LogP contribution in [0.4, 0.5) is 18.9 Å². The molecule has 0 bridgehead atoms. The van der Waals surface area contributed by atoms with Crippen molar-refractivity contribution in [1.29, 1.82) is 0 Å². The zero-order valence-electron chi connectivity index (χ0n) is 19.1. The van der Waals surface area contributed by atoms with Crippen LogP contribution in [0.5, 0.6) is 0 Å². The molecule has 3 N–H and O–H groups in total. The van der Waals surface area contributed by atoms with Gasteiger partial charge in [0.25, 0.3) is 10.0 Å². The molecule has 0 radical (unpaired) electrons. The number of carbonyl (C=O) groups excluding carboxylic acids is 1. The van der Waals surface area contributed by atoms with Gasteiger partial charge in [-0.1, -0.05) is 17.7 Å². The Morgan fingerprint density at radius 1 is 1.08 bits per heavy atom. The SMILES string of the molecule is COC(=O)c1ccc(Cl)cc1S(=O)(=O)Nc1ccc(F)c(-c2ccc3c(-c4ncc[nH]4)[nH]nc3c2F)c1F. The van der Waals surface area contributed by atoms with Crippen LogP contribution in [0.15, 0.2) is 59.8 Å². The van der Waals surface area contributed by atoms with E-state index in [0.717, 1.165) is 37.4 Å². The predicted octanol–water partition coefficient (Wildman–Crippen LogP) is 5.28. The molecule has 0 aliphatic rings. The molecule has 0 aliphatic carbocycles. The van der Waals surface area contributed by atoms with Gasteiger partial charge in [-0.3, -0.25) is 9.82 Å². The quantitative estimate of drug-likeness (QED) is 0.242. The van der Waals surface area contributed by atoms with Gasteiger partial charge in [-0.2, -0.15) is 5.10 Å². The number of methoxy groups -OCH3 is 1. The summed E-state index contributed by atoms with van der Waals surface area (Å²) in [6.07, 6.45) is 3.04. The fourth-order valence-electron chi connectivity index (χ4n) is 3.90. The Morgan fingerprint density at radius 2 is 1.87 bits per heavy atom. The number of fused-ring (bicyclic) bond motifs is 1. The van der Waals surface area contributed by atoms with Crippen LogP contribution in [0.2, 0.25) is 5.02 Å². The van der Waals surface area contributed by atoms with Crippen molar-refractivity contribution in [3.05, 3.63) is 82.9 Å². The second kappa shape index (κ2) is 9.50. The average molecular weight is 562 g/mol. The van der Waals surface area contributed by atoms with Gasteiger partial charge in [-0.15, -0.1) is 0 Å². The minimum Gasteiger partial charge on any atom is -0.465 e. The molecule has 0 unspecified atom stereocenters. The highest BCUT2D eigenvalue weighted by atomic mass is 35.5. The van der Waals surface area contributed by atoms with Crippen molar-refractivity contribution in [3.63, 3.8) is 0 Å². The van der Waals surface area contributed by atoms with Gasteiger partial charge < -0.3 is 9.72 Å². The molecule has 2 heterocycles. The number of carbonyl (C=O) groups is 1. The number of aromatic amines is 2. The van der Waals surface area contributed by atoms with Crippen LogP contribution in [0.25, 0.3) is 33.5 Å². The first-order valence-electron chi connectivity index (χ1n) is 10.7. The van der Waals surface area contributed by atoms with Crippen LogP contribution >= 0.6 is 11.6 Å². The van der Waals surface area contributed by atoms with Crippen molar-refractivity contribution in [2.75, 3.05) is 11.8 Å². The van der Waals surface area contributed by atoms with E-state index in [2.05, 4.69) is 24.9 Å². The number of H-pyrrole nitrogens is 2. The molecule has 3 aromatic carbocycles. The second-order valence-corrected chi connectivity index (χ2v) is 9.97. The number of rotatable bonds is 6. The van der Waals surface area contributed by atoms with Crippen LogP contribution in [-0.4, -0.2) is 41.7 Å². The molecule has 0 amide bonds. The first-order valence-corrected chi connectivity index (χ1v) is 12.5. The number of ether oxygens (including phenoxy) is 1. The normalized spacial score (nSPS) is 11.6. The highest BCUT2D eigenvalue weighted by Crippen LogP contribution is 2.37. The van der Waals surface area contributed by atoms with E-state index in [1.54, 1.807) is 6.20 Å². The van der Waals surface area contributed by atoms with Crippen molar-refractivity contribution in [1.82, 2.24) is 20.2 Å². The summed E-state index contributed by atoms with van der Waals surface area (Å²) in [5, 5.41) is 6.82. The molecular weight excluding hydrogens is 547 g/mol. The van der Waals surface area contributed by atoms with Crippen LogP contribution in [0.1, 0.15) is 10.4 Å². The number of imidazole rings is 1. The molecule has 5 aromatic rings. The topological polar surface area (TPSA) is 130 Å². The van der Waals surface area contributed by atoms with Gasteiger partial charge in [0, 0.05) is 28.4 Å². The lowest BCUT2D eigenvalue weighted by atomic mass is 10.0. The minimum atomic E-state index is -4.64. The average Bonchev–Trinajstić information content (AvgIpc) is 3.57. The zero-order valence-corrected chi connectivity index (χ0v) is 20.7. The molecule has 0 fully saturated rings. The zero-order chi connectivity index (χ0) is 27.2. The molecule has 0 saturated carbocycles. The molecule has 5 rings (SSSR count). The third-order valence-electron chi connectivity index (χ3n) is 5.64. The Labute approximate surface area is 217 Å². The molecule has 9 nitrogen and oxygen atoms in total. The number of sulfonamides is 1. The summed E-state index contributed by atoms with van der Waals surface area (Å²) in [6.45, 7) is 0. The Balaban J connectivity index is 1.60. The number of nitrogens with one attached hydrogen (secondary N) is 3. The molecule has 0 saturated heterocycles. The Bertz CT molecular complexity index is 1820. The molecule has 0 spiro atoms. The van der Waals surface area contributed by atoms with Crippen molar-refractivity contribution >= 4 is 44.2 Å². The maximum atomic E-state index is 15.6. The number of nitrogens with zero attached hydrogens (tertiary/aromatic N) is 2. The molecular formula is C24H15ClF3N5O4S. The van der Waals surface area contributed by atoms with E-state index in [1.165, 1.54) is 18.3 Å². The summed E-state index contributed by atoms with van der Waals surface area (Å²) >= 11 is 5.91. The van der Waals surface area contributed by atoms with E-state index in [0.29, 0.717) is 16.9 Å². The molecule has 0 atom stereocenters. The van der Waals surface area contributed by atoms with Crippen LogP contribution in [0.3, 0.4) is 0 Å². The lowest BCUT2D eigenvalue weighted by Crippen LogP contribution is -2.18. The van der Waals surface area contributed by atoms with Crippen molar-refractivity contribution in [2.45, 2.75) is 4.90 Å². The van der Waals surface area contributed by atoms with E-state index in [9.17, 15) is 17.6 Å². The first-order chi connectivity index (χ1) is 18.1. The third kappa shape index (κ3) is 4.25. The summed E-state index contributed by atoms with van der Waals surface area (Å²) in [4.78, 5) is 18.4. The number of benzene rings is 3. The number of hydrogen-bond acceptors (Lipinski definition) is 6. The number of aromatic nitrogens is 4. The smallest absolute Gasteiger partial charge is 0.339 e. The van der Waals surface area contributed by atoms with Crippen LogP contribution in [-0.2, 0) is 14.8 Å². The van der Waals surface area contributed by atoms with Crippen LogP contribution < -0.4 is 4.72 Å². The lowest BCUT2D eigenvalue weighted by molar-refractivity contribution is 0.0596. The highest BCUT2D eigenvalue weighted by Gasteiger charge is 2.27. The maximum absolute atomic E-state index is 15.6. The van der Waals surface area contributed by atoms with Crippen molar-refractivity contribution in [2.24, 2.45) is 0 Å². The second-order valence-electron chi connectivity index (χ2n) is 7.88. The minimum absolute atomic E-state index is 0.0263. The van der Waals surface area contributed by atoms with E-state index in [-0.39, 0.29) is 16.1 Å². The number of esters is 1. The van der Waals surface area contributed by atoms with Crippen molar-refractivity contribution < 1.29 is 31.1 Å². The van der Waals surface area contributed by atoms with E-state index in [1.807, 2.05) is 4.72 Å². The van der Waals surface area contributed by atoms with E-state index < -0.39 is 55.2 Å². The first kappa shape index (κ1) is 25.3. The number of anilines is 1. The molecule has 2 aromatic heterocycles. The lowest BCUT2D eigenvalue weighted by Gasteiger charge is -2.15. The Morgan fingerprint density at radius 3 is 2.58 bits per heavy atom. The Hall–Kier alpha value is -4.36. The predicted molar refractivity (Wildman–Crippen MR) is 133 cm³/mol. The van der Waals surface area contributed by atoms with Crippen molar-refractivity contribution in [3.8, 4) is 22.6 Å². The molecule has 0 aliphatic heterocycles. The molecule has 194 valence electrons. The largest absolute Gasteiger partial charge is 0.465 e. The van der Waals surface area contributed by atoms with Gasteiger partial charge in [0.15, 0.2) is 17.5 Å². The summed E-state index contributed by atoms with van der Waals surface area (Å²) in [6, 6.07) is 7.52. The fraction of sp³-hybridized carbons (Fsp3) is 0.0417. The molecule has 38 heavy (non-hydrogen) atoms.